The molecule has 5 heteroatoms. The van der Waals surface area contributed by atoms with Crippen molar-refractivity contribution in [3.05, 3.63) is 23.8 Å². The normalized spacial score (nSPS) is 22.3. The number of nitrogens with two attached hydrogens (primary N) is 1. The summed E-state index contributed by atoms with van der Waals surface area (Å²) in [6.07, 6.45) is 6.64. The minimum Gasteiger partial charge on any atom is -0.496 e. The van der Waals surface area contributed by atoms with Gasteiger partial charge in [0.2, 0.25) is 0 Å². The first-order chi connectivity index (χ1) is 9.63. The molecule has 1 fully saturated rings. The predicted octanol–water partition coefficient (Wildman–Crippen LogP) is 2.68. The van der Waals surface area contributed by atoms with Gasteiger partial charge < -0.3 is 15.8 Å². The second-order valence-corrected chi connectivity index (χ2v) is 6.29. The zero-order valence-electron chi connectivity index (χ0n) is 12.0. The van der Waals surface area contributed by atoms with Crippen LogP contribution in [0.1, 0.15) is 36.0 Å². The van der Waals surface area contributed by atoms with E-state index in [1.807, 2.05) is 11.8 Å². The second kappa shape index (κ2) is 6.88. The van der Waals surface area contributed by atoms with E-state index in [4.69, 9.17) is 10.5 Å². The van der Waals surface area contributed by atoms with Crippen molar-refractivity contribution in [2.75, 3.05) is 19.1 Å². The van der Waals surface area contributed by atoms with Gasteiger partial charge in [0.1, 0.15) is 5.75 Å². The third-order valence-corrected chi connectivity index (χ3v) is 4.86. The minimum absolute atomic E-state index is 0.0964. The van der Waals surface area contributed by atoms with Crippen molar-refractivity contribution in [1.82, 2.24) is 5.32 Å². The number of amides is 1. The van der Waals surface area contributed by atoms with Crippen molar-refractivity contribution in [3.63, 3.8) is 0 Å². The van der Waals surface area contributed by atoms with Crippen LogP contribution in [-0.2, 0) is 0 Å². The van der Waals surface area contributed by atoms with Gasteiger partial charge in [-0.15, -0.1) is 0 Å². The Bertz CT molecular complexity index is 479. The van der Waals surface area contributed by atoms with Gasteiger partial charge in [-0.3, -0.25) is 4.79 Å². The number of benzene rings is 1. The van der Waals surface area contributed by atoms with Gasteiger partial charge in [-0.25, -0.2) is 0 Å². The molecule has 1 aliphatic carbocycles. The van der Waals surface area contributed by atoms with Gasteiger partial charge in [0.25, 0.3) is 5.91 Å². The van der Waals surface area contributed by atoms with Crippen LogP contribution in [0.25, 0.3) is 0 Å². The van der Waals surface area contributed by atoms with Gasteiger partial charge in [-0.2, -0.15) is 11.8 Å². The lowest BCUT2D eigenvalue weighted by Gasteiger charge is -2.28. The Hall–Kier alpha value is -1.36. The fourth-order valence-electron chi connectivity index (χ4n) is 2.66. The van der Waals surface area contributed by atoms with Crippen LogP contribution in [0.3, 0.4) is 0 Å². The van der Waals surface area contributed by atoms with Gasteiger partial charge in [0, 0.05) is 17.0 Å². The van der Waals surface area contributed by atoms with Crippen LogP contribution in [0, 0.1) is 0 Å². The molecule has 3 N–H and O–H groups in total. The van der Waals surface area contributed by atoms with Gasteiger partial charge in [-0.05, 0) is 43.7 Å². The Morgan fingerprint density at radius 3 is 2.95 bits per heavy atom. The van der Waals surface area contributed by atoms with Gasteiger partial charge >= 0.3 is 0 Å². The Balaban J connectivity index is 2.06. The summed E-state index contributed by atoms with van der Waals surface area (Å²) in [4.78, 5) is 12.4. The van der Waals surface area contributed by atoms with E-state index >= 15 is 0 Å². The molecular formula is C15H22N2O2S. The highest BCUT2D eigenvalue weighted by Gasteiger charge is 2.24. The highest BCUT2D eigenvalue weighted by molar-refractivity contribution is 7.99. The number of nitrogens with one attached hydrogen (secondary N) is 1. The Kier molecular flexibility index (Phi) is 5.17. The number of anilines is 1. The highest BCUT2D eigenvalue weighted by Crippen LogP contribution is 2.28. The Morgan fingerprint density at radius 1 is 1.45 bits per heavy atom. The lowest BCUT2D eigenvalue weighted by Crippen LogP contribution is -2.39. The van der Waals surface area contributed by atoms with Crippen molar-refractivity contribution >= 4 is 23.4 Å². The zero-order chi connectivity index (χ0) is 14.5. The summed E-state index contributed by atoms with van der Waals surface area (Å²) in [5.74, 6) is 0.467. The number of thioether (sulfide) groups is 1. The molecule has 0 radical (unpaired) electrons. The predicted molar refractivity (Wildman–Crippen MR) is 84.4 cm³/mol. The summed E-state index contributed by atoms with van der Waals surface area (Å²) in [6.45, 7) is 0. The Morgan fingerprint density at radius 2 is 2.25 bits per heavy atom. The maximum absolute atomic E-state index is 12.4. The monoisotopic (exact) mass is 294 g/mol. The van der Waals surface area contributed by atoms with E-state index < -0.39 is 0 Å². The molecule has 4 nitrogen and oxygen atoms in total. The SMILES string of the molecule is COc1ccc(N)cc1C(=O)NC1CCCC(SC)C1. The molecule has 1 saturated carbocycles. The molecule has 0 spiro atoms. The molecule has 1 aliphatic rings. The van der Waals surface area contributed by atoms with E-state index in [1.165, 1.54) is 12.8 Å². The number of carbonyl (C=O) groups is 1. The summed E-state index contributed by atoms with van der Waals surface area (Å²) in [6, 6.07) is 5.39. The van der Waals surface area contributed by atoms with E-state index in [2.05, 4.69) is 11.6 Å². The molecule has 2 atom stereocenters. The molecule has 20 heavy (non-hydrogen) atoms. The van der Waals surface area contributed by atoms with E-state index in [0.717, 1.165) is 12.8 Å². The van der Waals surface area contributed by atoms with Crippen LogP contribution < -0.4 is 15.8 Å². The zero-order valence-corrected chi connectivity index (χ0v) is 12.8. The van der Waals surface area contributed by atoms with Crippen LogP contribution in [-0.4, -0.2) is 30.6 Å². The number of ether oxygens (including phenoxy) is 1. The van der Waals surface area contributed by atoms with Gasteiger partial charge in [0.05, 0.1) is 12.7 Å². The Labute approximate surface area is 124 Å². The molecular weight excluding hydrogens is 272 g/mol. The lowest BCUT2D eigenvalue weighted by atomic mass is 9.94. The molecule has 1 aromatic carbocycles. The summed E-state index contributed by atoms with van der Waals surface area (Å²) in [7, 11) is 1.56. The van der Waals surface area contributed by atoms with Gasteiger partial charge in [0.15, 0.2) is 0 Å². The van der Waals surface area contributed by atoms with Crippen LogP contribution in [0.4, 0.5) is 5.69 Å². The third-order valence-electron chi connectivity index (χ3n) is 3.76. The molecule has 0 bridgehead atoms. The van der Waals surface area contributed by atoms with Crippen molar-refractivity contribution in [2.24, 2.45) is 0 Å². The van der Waals surface area contributed by atoms with Crippen molar-refractivity contribution in [1.29, 1.82) is 0 Å². The van der Waals surface area contributed by atoms with Crippen molar-refractivity contribution in [3.8, 4) is 5.75 Å². The maximum atomic E-state index is 12.4. The fraction of sp³-hybridized carbons (Fsp3) is 0.533. The van der Waals surface area contributed by atoms with Crippen LogP contribution >= 0.6 is 11.8 Å². The topological polar surface area (TPSA) is 64.3 Å². The number of rotatable bonds is 4. The van der Waals surface area contributed by atoms with Crippen LogP contribution in [0.2, 0.25) is 0 Å². The number of hydrogen-bond acceptors (Lipinski definition) is 4. The van der Waals surface area contributed by atoms with E-state index in [-0.39, 0.29) is 11.9 Å². The maximum Gasteiger partial charge on any atom is 0.255 e. The van der Waals surface area contributed by atoms with Crippen LogP contribution in [0.15, 0.2) is 18.2 Å². The minimum atomic E-state index is -0.0964. The average Bonchev–Trinajstić information content (AvgIpc) is 2.47. The summed E-state index contributed by atoms with van der Waals surface area (Å²) >= 11 is 1.89. The number of hydrogen-bond donors (Lipinski definition) is 2. The molecule has 1 aromatic rings. The van der Waals surface area contributed by atoms with E-state index in [0.29, 0.717) is 22.3 Å². The summed E-state index contributed by atoms with van der Waals surface area (Å²) in [5.41, 5.74) is 6.84. The molecule has 0 aliphatic heterocycles. The standard InChI is InChI=1S/C15H22N2O2S/c1-19-14-7-6-10(16)8-13(14)15(18)17-11-4-3-5-12(9-11)20-2/h6-8,11-12H,3-5,9,16H2,1-2H3,(H,17,18). The van der Waals surface area contributed by atoms with E-state index in [1.54, 1.807) is 25.3 Å². The fourth-order valence-corrected chi connectivity index (χ4v) is 3.48. The average molecular weight is 294 g/mol. The number of nitrogen functional groups attached to an aromatic ring is 1. The van der Waals surface area contributed by atoms with E-state index in [9.17, 15) is 4.79 Å². The quantitative estimate of drug-likeness (QED) is 0.838. The molecule has 1 amide bonds. The molecule has 110 valence electrons. The number of methoxy groups -OCH3 is 1. The van der Waals surface area contributed by atoms with Crippen molar-refractivity contribution < 1.29 is 9.53 Å². The molecule has 0 aromatic heterocycles. The highest BCUT2D eigenvalue weighted by atomic mass is 32.2. The summed E-state index contributed by atoms with van der Waals surface area (Å²) in [5, 5.41) is 3.76. The number of carbonyl (C=O) groups excluding carboxylic acids is 1. The molecule has 0 saturated heterocycles. The first-order valence-electron chi connectivity index (χ1n) is 6.91. The third kappa shape index (κ3) is 3.60. The smallest absolute Gasteiger partial charge is 0.255 e. The molecule has 0 heterocycles. The van der Waals surface area contributed by atoms with Crippen molar-refractivity contribution in [2.45, 2.75) is 37.0 Å². The first kappa shape index (κ1) is 15.0. The second-order valence-electron chi connectivity index (χ2n) is 5.15. The largest absolute Gasteiger partial charge is 0.496 e. The molecule has 2 unspecified atom stereocenters. The van der Waals surface area contributed by atoms with Crippen LogP contribution in [0.5, 0.6) is 5.75 Å². The summed E-state index contributed by atoms with van der Waals surface area (Å²) < 4.78 is 5.23. The first-order valence-corrected chi connectivity index (χ1v) is 8.20. The lowest BCUT2D eigenvalue weighted by molar-refractivity contribution is 0.0925. The molecule has 2 rings (SSSR count). The van der Waals surface area contributed by atoms with Gasteiger partial charge in [-0.1, -0.05) is 6.42 Å².